The molecule has 1 N–H and O–H groups in total. The summed E-state index contributed by atoms with van der Waals surface area (Å²) in [7, 11) is 3.41. The number of nitrogens with one attached hydrogen (secondary N) is 1. The first-order valence-electron chi connectivity index (χ1n) is 6.88. The molecule has 0 bridgehead atoms. The zero-order valence-electron chi connectivity index (χ0n) is 12.6. The molecule has 0 spiro atoms. The number of halogens is 1. The molecule has 0 saturated heterocycles. The highest BCUT2D eigenvalue weighted by molar-refractivity contribution is 5.42. The molecule has 4 nitrogen and oxygen atoms in total. The topological polar surface area (TPSA) is 33.7 Å². The molecular formula is C15H25FN2O2. The molecule has 0 saturated carbocycles. The maximum Gasteiger partial charge on any atom is 0.123 e. The maximum absolute atomic E-state index is 12.8. The summed E-state index contributed by atoms with van der Waals surface area (Å²) >= 11 is 0. The highest BCUT2D eigenvalue weighted by Gasteiger charge is 2.12. The van der Waals surface area contributed by atoms with Gasteiger partial charge in [-0.1, -0.05) is 0 Å². The summed E-state index contributed by atoms with van der Waals surface area (Å²) in [4.78, 5) is 2.31. The lowest BCUT2D eigenvalue weighted by Gasteiger charge is -2.28. The standard InChI is InChI=1S/C15H25FN2O2/c1-13(12-20-3)18(10-11-19-2)9-8-17-15-6-4-14(16)5-7-15/h4-7,13,17H,8-12H2,1-3H3. The first-order valence-corrected chi connectivity index (χ1v) is 6.88. The zero-order chi connectivity index (χ0) is 14.8. The second-order valence-electron chi connectivity index (χ2n) is 4.77. The van der Waals surface area contributed by atoms with Gasteiger partial charge in [0.05, 0.1) is 13.2 Å². The molecule has 5 heteroatoms. The predicted molar refractivity (Wildman–Crippen MR) is 79.7 cm³/mol. The van der Waals surface area contributed by atoms with Gasteiger partial charge in [-0.05, 0) is 31.2 Å². The monoisotopic (exact) mass is 284 g/mol. The van der Waals surface area contributed by atoms with E-state index in [4.69, 9.17) is 9.47 Å². The molecule has 1 rings (SSSR count). The predicted octanol–water partition coefficient (Wildman–Crippen LogP) is 2.22. The van der Waals surface area contributed by atoms with Gasteiger partial charge in [0.2, 0.25) is 0 Å². The van der Waals surface area contributed by atoms with Gasteiger partial charge in [-0.25, -0.2) is 4.39 Å². The number of rotatable bonds is 10. The van der Waals surface area contributed by atoms with E-state index in [0.717, 1.165) is 25.3 Å². The van der Waals surface area contributed by atoms with Gasteiger partial charge in [0.1, 0.15) is 5.82 Å². The molecule has 0 aliphatic heterocycles. The Labute approximate surface area is 120 Å². The van der Waals surface area contributed by atoms with Crippen LogP contribution in [0.4, 0.5) is 10.1 Å². The molecule has 0 aliphatic carbocycles. The molecule has 1 aromatic rings. The van der Waals surface area contributed by atoms with E-state index >= 15 is 0 Å². The quantitative estimate of drug-likeness (QED) is 0.714. The largest absolute Gasteiger partial charge is 0.384 e. The second-order valence-corrected chi connectivity index (χ2v) is 4.77. The average Bonchev–Trinajstić information content (AvgIpc) is 2.44. The number of anilines is 1. The minimum atomic E-state index is -0.217. The molecule has 0 radical (unpaired) electrons. The summed E-state index contributed by atoms with van der Waals surface area (Å²) in [6.45, 7) is 6.07. The van der Waals surface area contributed by atoms with Crippen molar-refractivity contribution in [3.8, 4) is 0 Å². The van der Waals surface area contributed by atoms with Crippen molar-refractivity contribution in [1.82, 2.24) is 4.90 Å². The van der Waals surface area contributed by atoms with Crippen LogP contribution in [0.25, 0.3) is 0 Å². The van der Waals surface area contributed by atoms with Crippen LogP contribution in [0, 0.1) is 5.82 Å². The van der Waals surface area contributed by atoms with Gasteiger partial charge in [0.25, 0.3) is 0 Å². The van der Waals surface area contributed by atoms with Crippen molar-refractivity contribution in [3.05, 3.63) is 30.1 Å². The lowest BCUT2D eigenvalue weighted by atomic mass is 10.2. The van der Waals surface area contributed by atoms with Gasteiger partial charge >= 0.3 is 0 Å². The zero-order valence-corrected chi connectivity index (χ0v) is 12.6. The SMILES string of the molecule is COCCN(CCNc1ccc(F)cc1)C(C)COC. The molecule has 1 aromatic carbocycles. The first kappa shape index (κ1) is 16.9. The first-order chi connectivity index (χ1) is 9.67. The number of nitrogens with zero attached hydrogens (tertiary/aromatic N) is 1. The van der Waals surface area contributed by atoms with Crippen LogP contribution in [0.3, 0.4) is 0 Å². The van der Waals surface area contributed by atoms with E-state index in [0.29, 0.717) is 19.3 Å². The smallest absolute Gasteiger partial charge is 0.123 e. The Bertz CT molecular complexity index is 359. The normalized spacial score (nSPS) is 12.7. The van der Waals surface area contributed by atoms with Gasteiger partial charge < -0.3 is 14.8 Å². The molecule has 114 valence electrons. The average molecular weight is 284 g/mol. The van der Waals surface area contributed by atoms with Gasteiger partial charge in [-0.3, -0.25) is 4.90 Å². The van der Waals surface area contributed by atoms with Gasteiger partial charge in [0.15, 0.2) is 0 Å². The third kappa shape index (κ3) is 6.32. The number of ether oxygens (including phenoxy) is 2. The summed E-state index contributed by atoms with van der Waals surface area (Å²) < 4.78 is 23.1. The number of methoxy groups -OCH3 is 2. The van der Waals surface area contributed by atoms with Crippen LogP contribution in [-0.2, 0) is 9.47 Å². The van der Waals surface area contributed by atoms with Crippen molar-refractivity contribution >= 4 is 5.69 Å². The third-order valence-electron chi connectivity index (χ3n) is 3.19. The fourth-order valence-corrected chi connectivity index (χ4v) is 2.02. The minimum Gasteiger partial charge on any atom is -0.384 e. The van der Waals surface area contributed by atoms with Crippen molar-refractivity contribution in [1.29, 1.82) is 0 Å². The Hall–Kier alpha value is -1.17. The van der Waals surface area contributed by atoms with Crippen molar-refractivity contribution in [3.63, 3.8) is 0 Å². The van der Waals surface area contributed by atoms with Crippen LogP contribution in [0.2, 0.25) is 0 Å². The number of hydrogen-bond acceptors (Lipinski definition) is 4. The third-order valence-corrected chi connectivity index (χ3v) is 3.19. The van der Waals surface area contributed by atoms with Crippen LogP contribution in [-0.4, -0.2) is 58.0 Å². The minimum absolute atomic E-state index is 0.217. The molecule has 20 heavy (non-hydrogen) atoms. The van der Waals surface area contributed by atoms with E-state index < -0.39 is 0 Å². The Balaban J connectivity index is 2.38. The van der Waals surface area contributed by atoms with Crippen LogP contribution in [0.15, 0.2) is 24.3 Å². The van der Waals surface area contributed by atoms with Crippen molar-refractivity contribution in [2.24, 2.45) is 0 Å². The lowest BCUT2D eigenvalue weighted by Crippen LogP contribution is -2.41. The van der Waals surface area contributed by atoms with E-state index in [-0.39, 0.29) is 5.82 Å². The van der Waals surface area contributed by atoms with Crippen LogP contribution in [0.1, 0.15) is 6.92 Å². The summed E-state index contributed by atoms with van der Waals surface area (Å²) in [6.07, 6.45) is 0. The highest BCUT2D eigenvalue weighted by Crippen LogP contribution is 2.08. The fraction of sp³-hybridized carbons (Fsp3) is 0.600. The lowest BCUT2D eigenvalue weighted by molar-refractivity contribution is 0.0777. The molecule has 0 heterocycles. The molecular weight excluding hydrogens is 259 g/mol. The van der Waals surface area contributed by atoms with E-state index in [1.165, 1.54) is 12.1 Å². The van der Waals surface area contributed by atoms with Crippen molar-refractivity contribution < 1.29 is 13.9 Å². The summed E-state index contributed by atoms with van der Waals surface area (Å²) in [5.41, 5.74) is 0.928. The Morgan fingerprint density at radius 3 is 2.45 bits per heavy atom. The molecule has 0 aromatic heterocycles. The van der Waals surface area contributed by atoms with E-state index in [2.05, 4.69) is 17.1 Å². The highest BCUT2D eigenvalue weighted by atomic mass is 19.1. The van der Waals surface area contributed by atoms with Crippen LogP contribution in [0.5, 0.6) is 0 Å². The fourth-order valence-electron chi connectivity index (χ4n) is 2.02. The summed E-state index contributed by atoms with van der Waals surface area (Å²) in [6, 6.07) is 6.74. The van der Waals surface area contributed by atoms with Crippen molar-refractivity contribution in [2.75, 3.05) is 52.4 Å². The molecule has 1 atom stereocenters. The summed E-state index contributed by atoms with van der Waals surface area (Å²) in [5.74, 6) is -0.217. The van der Waals surface area contributed by atoms with Gasteiger partial charge in [-0.2, -0.15) is 0 Å². The van der Waals surface area contributed by atoms with Gasteiger partial charge in [-0.15, -0.1) is 0 Å². The van der Waals surface area contributed by atoms with E-state index in [1.807, 2.05) is 0 Å². The maximum atomic E-state index is 12.8. The second kappa shape index (κ2) is 9.69. The van der Waals surface area contributed by atoms with Crippen LogP contribution >= 0.6 is 0 Å². The summed E-state index contributed by atoms with van der Waals surface area (Å²) in [5, 5.41) is 3.29. The Morgan fingerprint density at radius 1 is 1.15 bits per heavy atom. The van der Waals surface area contributed by atoms with E-state index in [1.54, 1.807) is 26.4 Å². The molecule has 0 aliphatic rings. The van der Waals surface area contributed by atoms with Gasteiger partial charge in [0, 0.05) is 45.6 Å². The molecule has 0 amide bonds. The molecule has 1 unspecified atom stereocenters. The van der Waals surface area contributed by atoms with E-state index in [9.17, 15) is 4.39 Å². The Kier molecular flexibility index (Phi) is 8.18. The Morgan fingerprint density at radius 2 is 1.85 bits per heavy atom. The number of benzene rings is 1. The number of hydrogen-bond donors (Lipinski definition) is 1. The molecule has 0 fully saturated rings. The van der Waals surface area contributed by atoms with Crippen LogP contribution < -0.4 is 5.32 Å². The van der Waals surface area contributed by atoms with Crippen molar-refractivity contribution in [2.45, 2.75) is 13.0 Å².